The summed E-state index contributed by atoms with van der Waals surface area (Å²) in [6.45, 7) is 3.80. The first-order valence-electron chi connectivity index (χ1n) is 7.13. The number of aromatic nitrogens is 1. The van der Waals surface area contributed by atoms with E-state index >= 15 is 0 Å². The predicted octanol–water partition coefficient (Wildman–Crippen LogP) is 0.870. The van der Waals surface area contributed by atoms with E-state index in [-0.39, 0.29) is 24.5 Å². The van der Waals surface area contributed by atoms with E-state index in [1.807, 2.05) is 24.0 Å². The van der Waals surface area contributed by atoms with Crippen molar-refractivity contribution < 1.29 is 14.6 Å². The molecule has 0 spiro atoms. The van der Waals surface area contributed by atoms with Gasteiger partial charge in [-0.3, -0.25) is 9.78 Å². The van der Waals surface area contributed by atoms with Crippen LogP contribution in [-0.2, 0) is 16.0 Å². The molecule has 2 rings (SSSR count). The lowest BCUT2D eigenvalue weighted by Gasteiger charge is -2.16. The summed E-state index contributed by atoms with van der Waals surface area (Å²) in [5, 5.41) is 9.35. The second-order valence-corrected chi connectivity index (χ2v) is 5.09. The number of nitrogens with zero attached hydrogens (tertiary/aromatic N) is 2. The van der Waals surface area contributed by atoms with Gasteiger partial charge in [-0.25, -0.2) is 0 Å². The van der Waals surface area contributed by atoms with Crippen molar-refractivity contribution in [1.29, 1.82) is 0 Å². The molecule has 110 valence electrons. The SMILES string of the molecule is CCOC1CN(C(=O)CCc2ccncc2)CC1CO. The molecule has 1 aliphatic heterocycles. The fourth-order valence-corrected chi connectivity index (χ4v) is 2.58. The fourth-order valence-electron chi connectivity index (χ4n) is 2.58. The van der Waals surface area contributed by atoms with Crippen molar-refractivity contribution in [3.8, 4) is 0 Å². The van der Waals surface area contributed by atoms with Crippen LogP contribution in [0.4, 0.5) is 0 Å². The Labute approximate surface area is 119 Å². The molecule has 0 saturated carbocycles. The van der Waals surface area contributed by atoms with Crippen LogP contribution in [0.2, 0.25) is 0 Å². The van der Waals surface area contributed by atoms with Gasteiger partial charge < -0.3 is 14.7 Å². The molecule has 0 bridgehead atoms. The van der Waals surface area contributed by atoms with Crippen LogP contribution in [0.5, 0.6) is 0 Å². The minimum Gasteiger partial charge on any atom is -0.396 e. The van der Waals surface area contributed by atoms with Gasteiger partial charge in [0.2, 0.25) is 5.91 Å². The van der Waals surface area contributed by atoms with Gasteiger partial charge >= 0.3 is 0 Å². The minimum atomic E-state index is -0.0325. The Kier molecular flexibility index (Phi) is 5.49. The normalized spacial score (nSPS) is 22.2. The molecule has 1 N–H and O–H groups in total. The lowest BCUT2D eigenvalue weighted by Crippen LogP contribution is -2.30. The standard InChI is InChI=1S/C15H22N2O3/c1-2-20-14-10-17(9-13(14)11-18)15(19)4-3-12-5-7-16-8-6-12/h5-8,13-14,18H,2-4,9-11H2,1H3. The molecule has 1 saturated heterocycles. The third-order valence-corrected chi connectivity index (χ3v) is 3.73. The van der Waals surface area contributed by atoms with Crippen molar-refractivity contribution in [2.45, 2.75) is 25.9 Å². The summed E-state index contributed by atoms with van der Waals surface area (Å²) in [6, 6.07) is 3.85. The topological polar surface area (TPSA) is 62.7 Å². The van der Waals surface area contributed by atoms with E-state index in [9.17, 15) is 9.90 Å². The summed E-state index contributed by atoms with van der Waals surface area (Å²) in [5.74, 6) is 0.169. The first kappa shape index (κ1) is 14.9. The molecule has 1 amide bonds. The van der Waals surface area contributed by atoms with Gasteiger partial charge in [-0.2, -0.15) is 0 Å². The van der Waals surface area contributed by atoms with Crippen LogP contribution in [-0.4, -0.2) is 53.3 Å². The van der Waals surface area contributed by atoms with Crippen molar-refractivity contribution in [1.82, 2.24) is 9.88 Å². The number of aliphatic hydroxyl groups is 1. The summed E-state index contributed by atoms with van der Waals surface area (Å²) >= 11 is 0. The predicted molar refractivity (Wildman–Crippen MR) is 75.1 cm³/mol. The molecule has 1 aromatic rings. The van der Waals surface area contributed by atoms with Gasteiger partial charge in [-0.1, -0.05) is 0 Å². The Hall–Kier alpha value is -1.46. The number of ether oxygens (including phenoxy) is 1. The number of likely N-dealkylation sites (tertiary alicyclic amines) is 1. The molecule has 0 aromatic carbocycles. The van der Waals surface area contributed by atoms with Gasteiger partial charge in [0.25, 0.3) is 0 Å². The first-order chi connectivity index (χ1) is 9.74. The highest BCUT2D eigenvalue weighted by Gasteiger charge is 2.34. The van der Waals surface area contributed by atoms with Crippen molar-refractivity contribution in [3.63, 3.8) is 0 Å². The van der Waals surface area contributed by atoms with Gasteiger partial charge in [0.1, 0.15) is 0 Å². The van der Waals surface area contributed by atoms with Crippen LogP contribution in [0.3, 0.4) is 0 Å². The Balaban J connectivity index is 1.84. The molecule has 0 radical (unpaired) electrons. The molecule has 2 atom stereocenters. The number of aliphatic hydroxyl groups excluding tert-OH is 1. The van der Waals surface area contributed by atoms with Crippen molar-refractivity contribution >= 4 is 5.91 Å². The summed E-state index contributed by atoms with van der Waals surface area (Å²) < 4.78 is 5.59. The van der Waals surface area contributed by atoms with Crippen LogP contribution >= 0.6 is 0 Å². The molecule has 2 unspecified atom stereocenters. The Morgan fingerprint density at radius 3 is 2.85 bits per heavy atom. The number of pyridine rings is 1. The van der Waals surface area contributed by atoms with Crippen LogP contribution in [0.1, 0.15) is 18.9 Å². The zero-order valence-corrected chi connectivity index (χ0v) is 11.9. The van der Waals surface area contributed by atoms with E-state index in [0.29, 0.717) is 26.1 Å². The lowest BCUT2D eigenvalue weighted by molar-refractivity contribution is -0.130. The van der Waals surface area contributed by atoms with Gasteiger partial charge in [-0.15, -0.1) is 0 Å². The number of carbonyl (C=O) groups is 1. The maximum atomic E-state index is 12.2. The Bertz CT molecular complexity index is 424. The average molecular weight is 278 g/mol. The molecule has 20 heavy (non-hydrogen) atoms. The average Bonchev–Trinajstić information content (AvgIpc) is 2.89. The number of hydrogen-bond donors (Lipinski definition) is 1. The quantitative estimate of drug-likeness (QED) is 0.838. The summed E-state index contributed by atoms with van der Waals surface area (Å²) in [7, 11) is 0. The highest BCUT2D eigenvalue weighted by molar-refractivity contribution is 5.76. The maximum Gasteiger partial charge on any atom is 0.223 e. The van der Waals surface area contributed by atoms with Crippen LogP contribution in [0, 0.1) is 5.92 Å². The smallest absolute Gasteiger partial charge is 0.223 e. The van der Waals surface area contributed by atoms with Gasteiger partial charge in [0, 0.05) is 44.4 Å². The van der Waals surface area contributed by atoms with Crippen molar-refractivity contribution in [3.05, 3.63) is 30.1 Å². The zero-order valence-electron chi connectivity index (χ0n) is 11.9. The van der Waals surface area contributed by atoms with E-state index in [0.717, 1.165) is 12.0 Å². The monoisotopic (exact) mass is 278 g/mol. The Morgan fingerprint density at radius 1 is 1.45 bits per heavy atom. The van der Waals surface area contributed by atoms with E-state index < -0.39 is 0 Å². The number of aryl methyl sites for hydroxylation is 1. The van der Waals surface area contributed by atoms with Gasteiger partial charge in [0.15, 0.2) is 0 Å². The van der Waals surface area contributed by atoms with E-state index in [1.54, 1.807) is 12.4 Å². The Morgan fingerprint density at radius 2 is 2.20 bits per heavy atom. The van der Waals surface area contributed by atoms with E-state index in [4.69, 9.17) is 4.74 Å². The third kappa shape index (κ3) is 3.77. The van der Waals surface area contributed by atoms with Crippen LogP contribution in [0.15, 0.2) is 24.5 Å². The molecular formula is C15H22N2O3. The largest absolute Gasteiger partial charge is 0.396 e. The zero-order chi connectivity index (χ0) is 14.4. The molecule has 1 aromatic heterocycles. The van der Waals surface area contributed by atoms with Crippen LogP contribution < -0.4 is 0 Å². The van der Waals surface area contributed by atoms with E-state index in [2.05, 4.69) is 4.98 Å². The highest BCUT2D eigenvalue weighted by Crippen LogP contribution is 2.20. The van der Waals surface area contributed by atoms with Gasteiger partial charge in [-0.05, 0) is 31.0 Å². The molecule has 5 heteroatoms. The fraction of sp³-hybridized carbons (Fsp3) is 0.600. The van der Waals surface area contributed by atoms with Crippen molar-refractivity contribution in [2.75, 3.05) is 26.3 Å². The van der Waals surface area contributed by atoms with Crippen LogP contribution in [0.25, 0.3) is 0 Å². The van der Waals surface area contributed by atoms with Crippen molar-refractivity contribution in [2.24, 2.45) is 5.92 Å². The number of carbonyl (C=O) groups excluding carboxylic acids is 1. The number of hydrogen-bond acceptors (Lipinski definition) is 4. The van der Waals surface area contributed by atoms with Gasteiger partial charge in [0.05, 0.1) is 12.7 Å². The number of amides is 1. The summed E-state index contributed by atoms with van der Waals surface area (Å²) in [6.07, 6.45) is 4.66. The molecule has 5 nitrogen and oxygen atoms in total. The molecular weight excluding hydrogens is 256 g/mol. The lowest BCUT2D eigenvalue weighted by atomic mass is 10.1. The van der Waals surface area contributed by atoms with E-state index in [1.165, 1.54) is 0 Å². The summed E-state index contributed by atoms with van der Waals surface area (Å²) in [4.78, 5) is 18.0. The third-order valence-electron chi connectivity index (χ3n) is 3.73. The first-order valence-corrected chi connectivity index (χ1v) is 7.13. The number of rotatable bonds is 6. The second kappa shape index (κ2) is 7.36. The second-order valence-electron chi connectivity index (χ2n) is 5.09. The molecule has 2 heterocycles. The summed E-state index contributed by atoms with van der Waals surface area (Å²) in [5.41, 5.74) is 1.12. The molecule has 1 aliphatic rings. The maximum absolute atomic E-state index is 12.2. The molecule has 0 aliphatic carbocycles. The highest BCUT2D eigenvalue weighted by atomic mass is 16.5. The minimum absolute atomic E-state index is 0.0325. The molecule has 1 fully saturated rings.